The fourth-order valence-electron chi connectivity index (χ4n) is 3.46. The first-order chi connectivity index (χ1) is 13.0. The first-order valence-electron chi connectivity index (χ1n) is 9.16. The van der Waals surface area contributed by atoms with Crippen molar-refractivity contribution in [1.29, 1.82) is 0 Å². The summed E-state index contributed by atoms with van der Waals surface area (Å²) in [6, 6.07) is 3.85. The Balaban J connectivity index is 1.68. The van der Waals surface area contributed by atoms with Crippen molar-refractivity contribution in [1.82, 2.24) is 10.1 Å². The largest absolute Gasteiger partial charge is 0.459 e. The van der Waals surface area contributed by atoms with Crippen LogP contribution in [0.1, 0.15) is 45.1 Å². The molecule has 1 fully saturated rings. The zero-order valence-electron chi connectivity index (χ0n) is 15.7. The lowest BCUT2D eigenvalue weighted by atomic mass is 10.1. The second kappa shape index (κ2) is 7.40. The SMILES string of the molecule is Cc1cc(-c2cc(C(=O)OCC3CCCCO3)c3c(C)noc3n2)c(C)s1. The zero-order chi connectivity index (χ0) is 19.0. The van der Waals surface area contributed by atoms with Crippen molar-refractivity contribution >= 4 is 28.4 Å². The van der Waals surface area contributed by atoms with E-state index in [2.05, 4.69) is 23.1 Å². The average Bonchev–Trinajstić information content (AvgIpc) is 3.21. The summed E-state index contributed by atoms with van der Waals surface area (Å²) in [5, 5.41) is 4.59. The van der Waals surface area contributed by atoms with E-state index in [4.69, 9.17) is 14.0 Å². The third-order valence-electron chi connectivity index (χ3n) is 4.83. The highest BCUT2D eigenvalue weighted by atomic mass is 32.1. The number of aryl methyl sites for hydroxylation is 3. The summed E-state index contributed by atoms with van der Waals surface area (Å²) in [6.07, 6.45) is 3.07. The lowest BCUT2D eigenvalue weighted by molar-refractivity contribution is -0.0299. The zero-order valence-corrected chi connectivity index (χ0v) is 16.5. The highest BCUT2D eigenvalue weighted by Crippen LogP contribution is 2.33. The van der Waals surface area contributed by atoms with Crippen LogP contribution in [-0.2, 0) is 9.47 Å². The lowest BCUT2D eigenvalue weighted by Crippen LogP contribution is -2.26. The molecule has 4 heterocycles. The van der Waals surface area contributed by atoms with Crippen molar-refractivity contribution in [3.8, 4) is 11.3 Å². The molecule has 1 aliphatic rings. The number of thiophene rings is 1. The van der Waals surface area contributed by atoms with Crippen LogP contribution in [0.3, 0.4) is 0 Å². The number of nitrogens with zero attached hydrogens (tertiary/aromatic N) is 2. The van der Waals surface area contributed by atoms with Gasteiger partial charge in [-0.3, -0.25) is 0 Å². The van der Waals surface area contributed by atoms with Gasteiger partial charge in [0.25, 0.3) is 5.71 Å². The molecule has 1 atom stereocenters. The molecule has 0 aromatic carbocycles. The van der Waals surface area contributed by atoms with Crippen LogP contribution in [0.5, 0.6) is 0 Å². The number of rotatable bonds is 4. The number of fused-ring (bicyclic) bond motifs is 1. The molecule has 27 heavy (non-hydrogen) atoms. The minimum absolute atomic E-state index is 0.0233. The highest BCUT2D eigenvalue weighted by molar-refractivity contribution is 7.12. The molecule has 0 amide bonds. The Bertz CT molecular complexity index is 985. The maximum absolute atomic E-state index is 12.9. The fourth-order valence-corrected chi connectivity index (χ4v) is 4.40. The highest BCUT2D eigenvalue weighted by Gasteiger charge is 2.23. The second-order valence-electron chi connectivity index (χ2n) is 6.92. The molecule has 3 aromatic heterocycles. The molecule has 0 spiro atoms. The number of esters is 1. The number of carbonyl (C=O) groups is 1. The van der Waals surface area contributed by atoms with Gasteiger partial charge in [0.05, 0.1) is 28.4 Å². The molecule has 0 N–H and O–H groups in total. The van der Waals surface area contributed by atoms with Gasteiger partial charge in [-0.25, -0.2) is 9.78 Å². The molecule has 6 nitrogen and oxygen atoms in total. The van der Waals surface area contributed by atoms with E-state index in [9.17, 15) is 4.79 Å². The van der Waals surface area contributed by atoms with Crippen LogP contribution in [0.25, 0.3) is 22.4 Å². The Morgan fingerprint density at radius 1 is 1.30 bits per heavy atom. The molecule has 0 aliphatic carbocycles. The number of hydrogen-bond donors (Lipinski definition) is 0. The van der Waals surface area contributed by atoms with Crippen LogP contribution in [0.2, 0.25) is 0 Å². The van der Waals surface area contributed by atoms with Crippen LogP contribution < -0.4 is 0 Å². The Hall–Kier alpha value is -2.25. The molecule has 1 unspecified atom stereocenters. The minimum Gasteiger partial charge on any atom is -0.459 e. The molecule has 3 aromatic rings. The van der Waals surface area contributed by atoms with Gasteiger partial charge in [0.2, 0.25) is 0 Å². The number of aromatic nitrogens is 2. The molecule has 7 heteroatoms. The van der Waals surface area contributed by atoms with Gasteiger partial charge in [-0.05, 0) is 52.2 Å². The summed E-state index contributed by atoms with van der Waals surface area (Å²) < 4.78 is 16.6. The van der Waals surface area contributed by atoms with Gasteiger partial charge >= 0.3 is 5.97 Å². The first kappa shape index (κ1) is 18.1. The predicted molar refractivity (Wildman–Crippen MR) is 103 cm³/mol. The Labute approximate surface area is 161 Å². The van der Waals surface area contributed by atoms with E-state index < -0.39 is 5.97 Å². The number of carbonyl (C=O) groups excluding carboxylic acids is 1. The van der Waals surface area contributed by atoms with Gasteiger partial charge in [-0.2, -0.15) is 0 Å². The average molecular weight is 386 g/mol. The maximum Gasteiger partial charge on any atom is 0.339 e. The number of pyridine rings is 1. The van der Waals surface area contributed by atoms with E-state index in [0.29, 0.717) is 28.1 Å². The standard InChI is InChI=1S/C20H22N2O4S/c1-11-8-15(13(3)27-11)17-9-16(18-12(2)22-26-19(18)21-17)20(23)25-10-14-6-4-5-7-24-14/h8-9,14H,4-7,10H2,1-3H3. The van der Waals surface area contributed by atoms with Crippen molar-refractivity contribution in [2.24, 2.45) is 0 Å². The van der Waals surface area contributed by atoms with Crippen LogP contribution >= 0.6 is 11.3 Å². The summed E-state index contributed by atoms with van der Waals surface area (Å²) in [7, 11) is 0. The van der Waals surface area contributed by atoms with Gasteiger partial charge in [-0.15, -0.1) is 11.3 Å². The monoisotopic (exact) mass is 386 g/mol. The van der Waals surface area contributed by atoms with Gasteiger partial charge in [0.1, 0.15) is 6.61 Å². The topological polar surface area (TPSA) is 74.5 Å². The van der Waals surface area contributed by atoms with Crippen molar-refractivity contribution in [2.75, 3.05) is 13.2 Å². The van der Waals surface area contributed by atoms with E-state index in [1.165, 1.54) is 4.88 Å². The molecule has 0 saturated carbocycles. The van der Waals surface area contributed by atoms with Gasteiger partial charge < -0.3 is 14.0 Å². The van der Waals surface area contributed by atoms with Crippen molar-refractivity contribution in [3.63, 3.8) is 0 Å². The van der Waals surface area contributed by atoms with E-state index in [1.807, 2.05) is 6.92 Å². The Morgan fingerprint density at radius 2 is 2.15 bits per heavy atom. The molecule has 1 saturated heterocycles. The Morgan fingerprint density at radius 3 is 2.85 bits per heavy atom. The lowest BCUT2D eigenvalue weighted by Gasteiger charge is -2.22. The van der Waals surface area contributed by atoms with Crippen molar-refractivity contribution in [3.05, 3.63) is 33.1 Å². The summed E-state index contributed by atoms with van der Waals surface area (Å²) in [6.45, 7) is 6.89. The smallest absolute Gasteiger partial charge is 0.339 e. The maximum atomic E-state index is 12.9. The van der Waals surface area contributed by atoms with Crippen LogP contribution in [0.15, 0.2) is 16.7 Å². The fraction of sp³-hybridized carbons (Fsp3) is 0.450. The van der Waals surface area contributed by atoms with E-state index in [1.54, 1.807) is 24.3 Å². The van der Waals surface area contributed by atoms with Crippen molar-refractivity contribution < 1.29 is 18.8 Å². The van der Waals surface area contributed by atoms with E-state index >= 15 is 0 Å². The van der Waals surface area contributed by atoms with Gasteiger partial charge in [-0.1, -0.05) is 5.16 Å². The molecule has 0 bridgehead atoms. The quantitative estimate of drug-likeness (QED) is 0.610. The minimum atomic E-state index is -0.395. The number of ether oxygens (including phenoxy) is 2. The van der Waals surface area contributed by atoms with Gasteiger partial charge in [0.15, 0.2) is 0 Å². The van der Waals surface area contributed by atoms with E-state index in [-0.39, 0.29) is 12.7 Å². The van der Waals surface area contributed by atoms with Crippen molar-refractivity contribution in [2.45, 2.75) is 46.1 Å². The Kier molecular flexibility index (Phi) is 4.97. The molecule has 1 aliphatic heterocycles. The van der Waals surface area contributed by atoms with Gasteiger partial charge in [0, 0.05) is 21.9 Å². The molecule has 142 valence electrons. The second-order valence-corrected chi connectivity index (χ2v) is 8.38. The molecule has 4 rings (SSSR count). The summed E-state index contributed by atoms with van der Waals surface area (Å²) in [5.41, 5.74) is 3.12. The van der Waals surface area contributed by atoms with Crippen LogP contribution in [0.4, 0.5) is 0 Å². The summed E-state index contributed by atoms with van der Waals surface area (Å²) in [4.78, 5) is 19.8. The third kappa shape index (κ3) is 3.61. The summed E-state index contributed by atoms with van der Waals surface area (Å²) in [5.74, 6) is -0.395. The molecular formula is C20H22N2O4S. The van der Waals surface area contributed by atoms with Crippen LogP contribution in [-0.4, -0.2) is 35.4 Å². The summed E-state index contributed by atoms with van der Waals surface area (Å²) >= 11 is 1.70. The first-order valence-corrected chi connectivity index (χ1v) is 9.97. The molecule has 0 radical (unpaired) electrons. The van der Waals surface area contributed by atoms with Crippen LogP contribution in [0, 0.1) is 20.8 Å². The third-order valence-corrected chi connectivity index (χ3v) is 5.79. The normalized spacial score (nSPS) is 17.4. The molecular weight excluding hydrogens is 364 g/mol. The predicted octanol–water partition coefficient (Wildman–Crippen LogP) is 4.60. The number of hydrogen-bond acceptors (Lipinski definition) is 7. The van der Waals surface area contributed by atoms with E-state index in [0.717, 1.165) is 36.3 Å².